The Bertz CT molecular complexity index is 708. The number of allylic oxidation sites excluding steroid dienone is 1. The molecule has 0 N–H and O–H groups in total. The molecule has 0 radical (unpaired) electrons. The van der Waals surface area contributed by atoms with Gasteiger partial charge in [0.15, 0.2) is 0 Å². The summed E-state index contributed by atoms with van der Waals surface area (Å²) in [5.74, 6) is -0.453. The summed E-state index contributed by atoms with van der Waals surface area (Å²) in [5, 5.41) is 13.1. The molecule has 0 saturated carbocycles. The minimum Gasteiger partial charge on any atom is -0.868 e. The molecule has 0 spiro atoms. The number of benzene rings is 2. The fourth-order valence-electron chi connectivity index (χ4n) is 1.96. The third-order valence-electron chi connectivity index (χ3n) is 3.15. The lowest BCUT2D eigenvalue weighted by Gasteiger charge is -2.17. The highest BCUT2D eigenvalue weighted by atomic mass is 32.2. The van der Waals surface area contributed by atoms with Crippen LogP contribution in [0.2, 0.25) is 0 Å². The van der Waals surface area contributed by atoms with Gasteiger partial charge in [-0.25, -0.2) is 0 Å². The van der Waals surface area contributed by atoms with Gasteiger partial charge in [-0.1, -0.05) is 23.3 Å². The number of fused-ring (bicyclic) bond motifs is 1. The predicted molar refractivity (Wildman–Crippen MR) is 81.6 cm³/mol. The van der Waals surface area contributed by atoms with Crippen molar-refractivity contribution < 1.29 is 23.0 Å². The van der Waals surface area contributed by atoms with Gasteiger partial charge in [-0.3, -0.25) is 0 Å². The Labute approximate surface area is 130 Å². The number of halogens is 3. The second-order valence-corrected chi connectivity index (χ2v) is 5.69. The van der Waals surface area contributed by atoms with E-state index in [2.05, 4.69) is 0 Å². The largest absolute Gasteiger partial charge is 0.868 e. The molecular weight excluding hydrogens is 313 g/mol. The maximum Gasteiger partial charge on any atom is 0.398 e. The summed E-state index contributed by atoms with van der Waals surface area (Å²) >= 11 is 0.277. The van der Waals surface area contributed by atoms with Crippen LogP contribution >= 0.6 is 11.8 Å². The lowest BCUT2D eigenvalue weighted by molar-refractivity contribution is -0.283. The second kappa shape index (κ2) is 6.52. The highest BCUT2D eigenvalue weighted by Gasteiger charge is 2.26. The zero-order valence-corrected chi connectivity index (χ0v) is 12.8. The van der Waals surface area contributed by atoms with Crippen molar-refractivity contribution in [2.45, 2.75) is 13.1 Å². The van der Waals surface area contributed by atoms with Crippen molar-refractivity contribution in [3.8, 4) is 5.75 Å². The topological polar surface area (TPSA) is 32.3 Å². The van der Waals surface area contributed by atoms with E-state index in [9.17, 15) is 18.3 Å². The molecule has 0 unspecified atom stereocenters. The molecule has 0 atom stereocenters. The minimum absolute atomic E-state index is 0.277. The molecule has 0 fully saturated rings. The zero-order chi connectivity index (χ0) is 16.3. The summed E-state index contributed by atoms with van der Waals surface area (Å²) in [7, 11) is 1.57. The van der Waals surface area contributed by atoms with Crippen LogP contribution in [0.4, 0.5) is 13.2 Å². The van der Waals surface area contributed by atoms with E-state index in [1.807, 2.05) is 18.2 Å². The molecule has 2 nitrogen and oxygen atoms in total. The zero-order valence-electron chi connectivity index (χ0n) is 12.0. The van der Waals surface area contributed by atoms with Gasteiger partial charge >= 0.3 is 6.18 Å². The molecule has 2 aromatic carbocycles. The van der Waals surface area contributed by atoms with E-state index in [0.29, 0.717) is 11.1 Å². The summed E-state index contributed by atoms with van der Waals surface area (Å²) in [6, 6.07) is 10.8. The quantitative estimate of drug-likeness (QED) is 0.789. The van der Waals surface area contributed by atoms with Crippen LogP contribution in [0.1, 0.15) is 12.5 Å². The summed E-state index contributed by atoms with van der Waals surface area (Å²) in [6.07, 6.45) is -4.35. The Morgan fingerprint density at radius 2 is 1.77 bits per heavy atom. The summed E-state index contributed by atoms with van der Waals surface area (Å²) in [4.78, 5) is 0. The van der Waals surface area contributed by atoms with E-state index < -0.39 is 17.0 Å². The van der Waals surface area contributed by atoms with Crippen LogP contribution in [0.25, 0.3) is 16.3 Å². The molecule has 0 aliphatic carbocycles. The third kappa shape index (κ3) is 4.10. The SMILES string of the molecule is COc1ccc2cc(/C(C)=C(/[O-])SCC(F)(F)F)ccc2c1. The smallest absolute Gasteiger partial charge is 0.398 e. The number of rotatable bonds is 4. The number of methoxy groups -OCH3 is 1. The molecule has 2 aromatic rings. The van der Waals surface area contributed by atoms with Crippen molar-refractivity contribution in [2.24, 2.45) is 0 Å². The van der Waals surface area contributed by atoms with Crippen LogP contribution in [0, 0.1) is 0 Å². The van der Waals surface area contributed by atoms with Crippen molar-refractivity contribution in [2.75, 3.05) is 12.9 Å². The number of hydrogen-bond acceptors (Lipinski definition) is 3. The highest BCUT2D eigenvalue weighted by molar-refractivity contribution is 8.03. The summed E-state index contributed by atoms with van der Waals surface area (Å²) < 4.78 is 41.6. The first-order valence-electron chi connectivity index (χ1n) is 6.46. The lowest BCUT2D eigenvalue weighted by Crippen LogP contribution is -2.14. The molecule has 0 aliphatic heterocycles. The third-order valence-corrected chi connectivity index (χ3v) is 4.19. The summed E-state index contributed by atoms with van der Waals surface area (Å²) in [6.45, 7) is 1.54. The van der Waals surface area contributed by atoms with E-state index in [1.54, 1.807) is 25.3 Å². The predicted octanol–water partition coefficient (Wildman–Crippen LogP) is 4.19. The maximum absolute atomic E-state index is 12.2. The van der Waals surface area contributed by atoms with Crippen molar-refractivity contribution in [3.63, 3.8) is 0 Å². The van der Waals surface area contributed by atoms with Gasteiger partial charge in [-0.05, 0) is 47.0 Å². The fourth-order valence-corrected chi connectivity index (χ4v) is 2.59. The van der Waals surface area contributed by atoms with Gasteiger partial charge in [0.2, 0.25) is 0 Å². The molecule has 0 heterocycles. The van der Waals surface area contributed by atoms with Crippen molar-refractivity contribution in [1.82, 2.24) is 0 Å². The molecule has 22 heavy (non-hydrogen) atoms. The number of hydrogen-bond donors (Lipinski definition) is 0. The second-order valence-electron chi connectivity index (χ2n) is 4.74. The molecule has 2 rings (SSSR count). The van der Waals surface area contributed by atoms with Crippen LogP contribution in [0.5, 0.6) is 5.75 Å². The Balaban J connectivity index is 2.29. The molecule has 0 bridgehead atoms. The average molecular weight is 327 g/mol. The number of thioether (sulfide) groups is 1. The maximum atomic E-state index is 12.2. The van der Waals surface area contributed by atoms with E-state index >= 15 is 0 Å². The molecule has 6 heteroatoms. The number of alkyl halides is 3. The van der Waals surface area contributed by atoms with Crippen LogP contribution < -0.4 is 9.84 Å². The number of ether oxygens (including phenoxy) is 1. The van der Waals surface area contributed by atoms with E-state index in [-0.39, 0.29) is 11.8 Å². The minimum atomic E-state index is -4.35. The first-order chi connectivity index (χ1) is 10.3. The molecule has 0 aliphatic rings. The van der Waals surface area contributed by atoms with Crippen LogP contribution in [0.15, 0.2) is 41.5 Å². The van der Waals surface area contributed by atoms with Crippen molar-refractivity contribution in [3.05, 3.63) is 47.1 Å². The first-order valence-corrected chi connectivity index (χ1v) is 7.44. The van der Waals surface area contributed by atoms with E-state index in [4.69, 9.17) is 4.74 Å². The molecular formula is C16H14F3O2S-. The van der Waals surface area contributed by atoms with Gasteiger partial charge in [0.1, 0.15) is 5.75 Å². The Morgan fingerprint density at radius 3 is 2.41 bits per heavy atom. The van der Waals surface area contributed by atoms with E-state index in [0.717, 1.165) is 16.5 Å². The van der Waals surface area contributed by atoms with Gasteiger partial charge < -0.3 is 9.84 Å². The van der Waals surface area contributed by atoms with Crippen molar-refractivity contribution in [1.29, 1.82) is 0 Å². The molecule has 0 amide bonds. The lowest BCUT2D eigenvalue weighted by atomic mass is 10.0. The Morgan fingerprint density at radius 1 is 1.14 bits per heavy atom. The average Bonchev–Trinajstić information content (AvgIpc) is 2.50. The van der Waals surface area contributed by atoms with Gasteiger partial charge in [0, 0.05) is 0 Å². The molecule has 0 saturated heterocycles. The van der Waals surface area contributed by atoms with Crippen LogP contribution in [-0.4, -0.2) is 19.0 Å². The standard InChI is InChI=1S/C16H15F3O2S/c1-10(15(20)22-9-16(17,18)19)11-3-4-13-8-14(21-2)6-5-12(13)7-11/h3-8,20H,9H2,1-2H3/p-1/b15-10-. The fraction of sp³-hybridized carbons (Fsp3) is 0.250. The van der Waals surface area contributed by atoms with E-state index in [1.165, 1.54) is 6.92 Å². The van der Waals surface area contributed by atoms with Crippen LogP contribution in [0.3, 0.4) is 0 Å². The monoisotopic (exact) mass is 327 g/mol. The first kappa shape index (κ1) is 16.5. The normalized spacial score (nSPS) is 13.1. The molecule has 0 aromatic heterocycles. The van der Waals surface area contributed by atoms with Gasteiger partial charge in [0.25, 0.3) is 0 Å². The summed E-state index contributed by atoms with van der Waals surface area (Å²) in [5.41, 5.74) is 0.935. The van der Waals surface area contributed by atoms with Crippen LogP contribution in [-0.2, 0) is 0 Å². The van der Waals surface area contributed by atoms with Gasteiger partial charge in [-0.15, -0.1) is 11.8 Å². The Hall–Kier alpha value is -1.82. The highest BCUT2D eigenvalue weighted by Crippen LogP contribution is 2.30. The van der Waals surface area contributed by atoms with Gasteiger partial charge in [0.05, 0.1) is 12.9 Å². The Kier molecular flexibility index (Phi) is 4.90. The van der Waals surface area contributed by atoms with Gasteiger partial charge in [-0.2, -0.15) is 13.2 Å². The molecule has 118 valence electrons. The van der Waals surface area contributed by atoms with Crippen molar-refractivity contribution >= 4 is 28.1 Å².